The minimum absolute atomic E-state index is 0.306. The molecule has 0 aliphatic rings. The summed E-state index contributed by atoms with van der Waals surface area (Å²) in [5.41, 5.74) is 0. The molecule has 0 aromatic carbocycles. The lowest BCUT2D eigenvalue weighted by molar-refractivity contribution is 0.567. The summed E-state index contributed by atoms with van der Waals surface area (Å²) in [6.07, 6.45) is 3.00. The maximum absolute atomic E-state index is 9.97. The SMILES string of the molecule is CCB(C=O)CC. The Bertz CT molecular complexity index is 50.0. The third-order valence-corrected chi connectivity index (χ3v) is 1.24. The predicted octanol–water partition coefficient (Wildman–Crippen LogP) is 1.29. The summed E-state index contributed by atoms with van der Waals surface area (Å²) in [7, 11) is 0. The van der Waals surface area contributed by atoms with Crippen LogP contribution < -0.4 is 0 Å². The lowest BCUT2D eigenvalue weighted by atomic mass is 9.47. The normalized spacial score (nSPS) is 8.29. The molecule has 0 radical (unpaired) electrons. The molecule has 1 nitrogen and oxygen atoms in total. The first-order valence-corrected chi connectivity index (χ1v) is 2.80. The van der Waals surface area contributed by atoms with Crippen molar-refractivity contribution < 1.29 is 4.79 Å². The Balaban J connectivity index is 3.16. The number of hydrogen-bond acceptors (Lipinski definition) is 1. The summed E-state index contributed by atoms with van der Waals surface area (Å²) in [6, 6.07) is 0. The molecule has 7 heavy (non-hydrogen) atoms. The van der Waals surface area contributed by atoms with E-state index in [0.29, 0.717) is 6.71 Å². The molecule has 2 heteroatoms. The van der Waals surface area contributed by atoms with E-state index < -0.39 is 0 Å². The molecule has 40 valence electrons. The van der Waals surface area contributed by atoms with Gasteiger partial charge in [0, 0.05) is 0 Å². The highest BCUT2D eigenvalue weighted by molar-refractivity contribution is 6.84. The first-order chi connectivity index (χ1) is 3.35. The molecule has 0 atom stereocenters. The molecule has 0 aliphatic heterocycles. The average molecular weight is 98.0 g/mol. The largest absolute Gasteiger partial charge is 0.315 e. The van der Waals surface area contributed by atoms with Crippen LogP contribution in [-0.2, 0) is 4.79 Å². The van der Waals surface area contributed by atoms with Gasteiger partial charge in [-0.25, -0.2) is 0 Å². The van der Waals surface area contributed by atoms with Gasteiger partial charge in [-0.05, 0) is 0 Å². The summed E-state index contributed by atoms with van der Waals surface area (Å²) in [4.78, 5) is 9.97. The Morgan fingerprint density at radius 1 is 1.43 bits per heavy atom. The van der Waals surface area contributed by atoms with Gasteiger partial charge in [0.15, 0.2) is 0 Å². The van der Waals surface area contributed by atoms with Crippen LogP contribution in [0.25, 0.3) is 0 Å². The predicted molar refractivity (Wildman–Crippen MR) is 33.5 cm³/mol. The van der Waals surface area contributed by atoms with Crippen molar-refractivity contribution in [1.82, 2.24) is 0 Å². The van der Waals surface area contributed by atoms with Crippen molar-refractivity contribution in [2.75, 3.05) is 0 Å². The van der Waals surface area contributed by atoms with Crippen LogP contribution >= 0.6 is 0 Å². The third-order valence-electron chi connectivity index (χ3n) is 1.24. The van der Waals surface area contributed by atoms with Crippen LogP contribution in [0, 0.1) is 0 Å². The fourth-order valence-electron chi connectivity index (χ4n) is 0.481. The Morgan fingerprint density at radius 2 is 1.86 bits per heavy atom. The van der Waals surface area contributed by atoms with E-state index >= 15 is 0 Å². The summed E-state index contributed by atoms with van der Waals surface area (Å²) in [5.74, 6) is 0. The zero-order valence-corrected chi connectivity index (χ0v) is 4.98. The van der Waals surface area contributed by atoms with Gasteiger partial charge < -0.3 is 4.79 Å². The Morgan fingerprint density at radius 3 is 1.86 bits per heavy atom. The van der Waals surface area contributed by atoms with Crippen LogP contribution in [0.4, 0.5) is 0 Å². The van der Waals surface area contributed by atoms with Gasteiger partial charge >= 0.3 is 0 Å². The fourth-order valence-corrected chi connectivity index (χ4v) is 0.481. The molecule has 0 fully saturated rings. The molecule has 0 saturated carbocycles. The van der Waals surface area contributed by atoms with Crippen molar-refractivity contribution in [3.05, 3.63) is 0 Å². The van der Waals surface area contributed by atoms with Crippen molar-refractivity contribution in [2.45, 2.75) is 26.5 Å². The van der Waals surface area contributed by atoms with E-state index in [4.69, 9.17) is 0 Å². The number of hydrogen-bond donors (Lipinski definition) is 0. The lowest BCUT2D eigenvalue weighted by Crippen LogP contribution is -2.09. The highest BCUT2D eigenvalue weighted by Crippen LogP contribution is 1.91. The molecule has 0 saturated heterocycles. The maximum Gasteiger partial charge on any atom is 0.218 e. The summed E-state index contributed by atoms with van der Waals surface area (Å²) in [5, 5.41) is 0. The van der Waals surface area contributed by atoms with Crippen molar-refractivity contribution >= 4 is 12.9 Å². The van der Waals surface area contributed by atoms with Gasteiger partial charge in [0.05, 0.1) is 6.19 Å². The highest BCUT2D eigenvalue weighted by Gasteiger charge is 2.03. The van der Waals surface area contributed by atoms with E-state index in [1.165, 1.54) is 0 Å². The first-order valence-electron chi connectivity index (χ1n) is 2.80. The van der Waals surface area contributed by atoms with Crippen LogP contribution in [-0.4, -0.2) is 12.9 Å². The maximum atomic E-state index is 9.97. The molecule has 0 aromatic rings. The van der Waals surface area contributed by atoms with Gasteiger partial charge in [0.2, 0.25) is 6.71 Å². The van der Waals surface area contributed by atoms with Gasteiger partial charge in [-0.15, -0.1) is 0 Å². The first kappa shape index (κ1) is 6.73. The van der Waals surface area contributed by atoms with E-state index in [9.17, 15) is 4.79 Å². The molecule has 0 unspecified atom stereocenters. The number of carbonyl (C=O) groups is 1. The molecule has 0 rings (SSSR count). The second kappa shape index (κ2) is 3.91. The van der Waals surface area contributed by atoms with Crippen LogP contribution in [0.15, 0.2) is 0 Å². The Labute approximate surface area is 45.2 Å². The van der Waals surface area contributed by atoms with E-state index in [2.05, 4.69) is 0 Å². The fraction of sp³-hybridized carbons (Fsp3) is 0.800. The minimum atomic E-state index is 0.306. The van der Waals surface area contributed by atoms with Crippen LogP contribution in [0.2, 0.25) is 12.6 Å². The highest BCUT2D eigenvalue weighted by atomic mass is 16.1. The zero-order chi connectivity index (χ0) is 5.70. The molecule has 0 aromatic heterocycles. The van der Waals surface area contributed by atoms with Crippen molar-refractivity contribution in [3.8, 4) is 0 Å². The average Bonchev–Trinajstić information content (AvgIpc) is 1.72. The van der Waals surface area contributed by atoms with Gasteiger partial charge in [-0.1, -0.05) is 26.5 Å². The molecule has 0 spiro atoms. The van der Waals surface area contributed by atoms with Crippen molar-refractivity contribution in [1.29, 1.82) is 0 Å². The molecule has 0 heterocycles. The van der Waals surface area contributed by atoms with E-state index in [0.717, 1.165) is 18.8 Å². The molecule has 0 N–H and O–H groups in total. The van der Waals surface area contributed by atoms with Gasteiger partial charge in [0.1, 0.15) is 0 Å². The Hall–Kier alpha value is -0.265. The quantitative estimate of drug-likeness (QED) is 0.384. The third kappa shape index (κ3) is 2.43. The van der Waals surface area contributed by atoms with Crippen LogP contribution in [0.5, 0.6) is 0 Å². The van der Waals surface area contributed by atoms with E-state index in [-0.39, 0.29) is 0 Å². The Kier molecular flexibility index (Phi) is 3.76. The van der Waals surface area contributed by atoms with E-state index in [1.807, 2.05) is 13.8 Å². The molecular weight excluding hydrogens is 86.9 g/mol. The van der Waals surface area contributed by atoms with Gasteiger partial charge in [-0.2, -0.15) is 0 Å². The number of carbonyl (C=O) groups excluding carboxylic acids is 1. The summed E-state index contributed by atoms with van der Waals surface area (Å²) < 4.78 is 0. The van der Waals surface area contributed by atoms with E-state index in [1.54, 1.807) is 0 Å². The second-order valence-electron chi connectivity index (χ2n) is 1.71. The minimum Gasteiger partial charge on any atom is -0.315 e. The lowest BCUT2D eigenvalue weighted by Gasteiger charge is -1.91. The van der Waals surface area contributed by atoms with Gasteiger partial charge in [0.25, 0.3) is 0 Å². The van der Waals surface area contributed by atoms with Crippen molar-refractivity contribution in [3.63, 3.8) is 0 Å². The summed E-state index contributed by atoms with van der Waals surface area (Å²) >= 11 is 0. The van der Waals surface area contributed by atoms with Crippen LogP contribution in [0.1, 0.15) is 13.8 Å². The van der Waals surface area contributed by atoms with Crippen molar-refractivity contribution in [2.24, 2.45) is 0 Å². The topological polar surface area (TPSA) is 17.1 Å². The molecule has 0 bridgehead atoms. The molecule has 0 amide bonds. The standard InChI is InChI=1S/C5H11BO/c1-3-6(4-2)5-7/h5H,3-4H2,1-2H3. The molecule has 0 aliphatic carbocycles. The second-order valence-corrected chi connectivity index (χ2v) is 1.71. The van der Waals surface area contributed by atoms with Gasteiger partial charge in [-0.3, -0.25) is 0 Å². The number of rotatable bonds is 3. The summed E-state index contributed by atoms with van der Waals surface area (Å²) in [6.45, 7) is 4.37. The zero-order valence-electron chi connectivity index (χ0n) is 4.98. The van der Waals surface area contributed by atoms with Crippen LogP contribution in [0.3, 0.4) is 0 Å². The molecular formula is C5H11BO. The monoisotopic (exact) mass is 98.1 g/mol. The smallest absolute Gasteiger partial charge is 0.218 e.